The molecule has 0 fully saturated rings. The Morgan fingerprint density at radius 2 is 2.11 bits per heavy atom. The van der Waals surface area contributed by atoms with Crippen LogP contribution in [0.25, 0.3) is 0 Å². The van der Waals surface area contributed by atoms with Crippen molar-refractivity contribution in [3.05, 3.63) is 28.3 Å². The summed E-state index contributed by atoms with van der Waals surface area (Å²) >= 11 is 0. The Morgan fingerprint density at radius 3 is 2.61 bits per heavy atom. The second kappa shape index (κ2) is 5.62. The summed E-state index contributed by atoms with van der Waals surface area (Å²) in [6.45, 7) is 1.02. The highest BCUT2D eigenvalue weighted by atomic mass is 16.6. The van der Waals surface area contributed by atoms with Crippen LogP contribution in [-0.2, 0) is 9.59 Å². The molecule has 0 aliphatic carbocycles. The smallest absolute Gasteiger partial charge is 0.273 e. The topological polar surface area (TPSA) is 122 Å². The maximum Gasteiger partial charge on any atom is 0.273 e. The van der Waals surface area contributed by atoms with Gasteiger partial charge in [0.15, 0.2) is 0 Å². The lowest BCUT2D eigenvalue weighted by Gasteiger charge is -2.07. The lowest BCUT2D eigenvalue weighted by Crippen LogP contribution is -2.31. The lowest BCUT2D eigenvalue weighted by molar-refractivity contribution is -0.384. The number of benzene rings is 1. The van der Waals surface area contributed by atoms with Crippen LogP contribution >= 0.6 is 0 Å². The van der Waals surface area contributed by atoms with E-state index in [0.29, 0.717) is 0 Å². The van der Waals surface area contributed by atoms with Crippen molar-refractivity contribution >= 4 is 23.2 Å². The number of carbonyl (C=O) groups is 2. The van der Waals surface area contributed by atoms with Crippen molar-refractivity contribution in [1.82, 2.24) is 5.32 Å². The Morgan fingerprint density at radius 1 is 1.44 bits per heavy atom. The van der Waals surface area contributed by atoms with Gasteiger partial charge in [-0.25, -0.2) is 0 Å². The molecule has 8 heteroatoms. The van der Waals surface area contributed by atoms with Crippen LogP contribution in [0.15, 0.2) is 18.2 Å². The van der Waals surface area contributed by atoms with Gasteiger partial charge in [-0.05, 0) is 6.07 Å². The summed E-state index contributed by atoms with van der Waals surface area (Å²) < 4.78 is 0. The molecule has 18 heavy (non-hydrogen) atoms. The van der Waals surface area contributed by atoms with Gasteiger partial charge in [0.1, 0.15) is 5.75 Å². The summed E-state index contributed by atoms with van der Waals surface area (Å²) in [7, 11) is 0. The average Bonchev–Trinajstić information content (AvgIpc) is 2.29. The van der Waals surface area contributed by atoms with E-state index in [0.717, 1.165) is 12.1 Å². The summed E-state index contributed by atoms with van der Waals surface area (Å²) in [4.78, 5) is 31.6. The molecule has 0 heterocycles. The Kier molecular flexibility index (Phi) is 4.19. The monoisotopic (exact) mass is 253 g/mol. The van der Waals surface area contributed by atoms with E-state index in [4.69, 9.17) is 0 Å². The number of phenols is 1. The van der Waals surface area contributed by atoms with Crippen LogP contribution in [0.5, 0.6) is 5.75 Å². The van der Waals surface area contributed by atoms with Gasteiger partial charge in [0.05, 0.1) is 23.2 Å². The Balaban J connectivity index is 2.70. The number of amides is 2. The number of nitro groups is 1. The zero-order valence-corrected chi connectivity index (χ0v) is 9.47. The van der Waals surface area contributed by atoms with E-state index in [-0.39, 0.29) is 23.8 Å². The maximum atomic E-state index is 11.3. The van der Waals surface area contributed by atoms with Gasteiger partial charge < -0.3 is 15.7 Å². The molecule has 0 unspecified atom stereocenters. The summed E-state index contributed by atoms with van der Waals surface area (Å²) in [5.74, 6) is -1.33. The van der Waals surface area contributed by atoms with Crippen molar-refractivity contribution in [2.45, 2.75) is 6.92 Å². The van der Waals surface area contributed by atoms with Gasteiger partial charge in [0.2, 0.25) is 11.8 Å². The number of hydrogen-bond acceptors (Lipinski definition) is 5. The molecule has 0 aromatic heterocycles. The molecular weight excluding hydrogens is 242 g/mol. The minimum atomic E-state index is -0.664. The molecule has 1 aromatic rings. The van der Waals surface area contributed by atoms with Crippen molar-refractivity contribution in [3.8, 4) is 5.75 Å². The highest BCUT2D eigenvalue weighted by Crippen LogP contribution is 2.27. The number of nitrogens with zero attached hydrogens (tertiary/aromatic N) is 1. The number of phenolic OH excluding ortho intramolecular Hbond substituents is 1. The zero-order valence-electron chi connectivity index (χ0n) is 9.47. The van der Waals surface area contributed by atoms with Crippen LogP contribution in [-0.4, -0.2) is 28.4 Å². The van der Waals surface area contributed by atoms with E-state index in [9.17, 15) is 24.8 Å². The molecule has 0 bridgehead atoms. The molecule has 8 nitrogen and oxygen atoms in total. The quantitative estimate of drug-likeness (QED) is 0.406. The van der Waals surface area contributed by atoms with Crippen LogP contribution in [0.2, 0.25) is 0 Å². The van der Waals surface area contributed by atoms with Crippen LogP contribution in [0.4, 0.5) is 11.4 Å². The molecule has 1 rings (SSSR count). The predicted octanol–water partition coefficient (Wildman–Crippen LogP) is 0.375. The molecular formula is C10H11N3O5. The van der Waals surface area contributed by atoms with Crippen molar-refractivity contribution in [2.75, 3.05) is 11.9 Å². The zero-order chi connectivity index (χ0) is 13.7. The number of hydrogen-bond donors (Lipinski definition) is 3. The highest BCUT2D eigenvalue weighted by molar-refractivity contribution is 5.95. The van der Waals surface area contributed by atoms with Crippen LogP contribution < -0.4 is 10.6 Å². The molecule has 0 aliphatic heterocycles. The maximum absolute atomic E-state index is 11.3. The first-order valence-corrected chi connectivity index (χ1v) is 4.92. The Bertz CT molecular complexity index is 500. The van der Waals surface area contributed by atoms with E-state index in [1.807, 2.05) is 0 Å². The second-order valence-electron chi connectivity index (χ2n) is 3.42. The number of nitro benzene ring substituents is 1. The fourth-order valence-corrected chi connectivity index (χ4v) is 1.14. The van der Waals surface area contributed by atoms with Crippen LogP contribution in [0.3, 0.4) is 0 Å². The van der Waals surface area contributed by atoms with Gasteiger partial charge in [-0.1, -0.05) is 0 Å². The number of nitrogens with one attached hydrogen (secondary N) is 2. The van der Waals surface area contributed by atoms with Gasteiger partial charge in [-0.15, -0.1) is 0 Å². The standard InChI is InChI=1S/C10H11N3O5/c1-6(14)11-5-10(16)12-8-3-2-7(13(17)18)4-9(8)15/h2-4,15H,5H2,1H3,(H,11,14)(H,12,16). The normalized spacial score (nSPS) is 9.61. The summed E-state index contributed by atoms with van der Waals surface area (Å²) in [6, 6.07) is 3.28. The van der Waals surface area contributed by atoms with E-state index < -0.39 is 16.6 Å². The third-order valence-corrected chi connectivity index (χ3v) is 1.96. The molecule has 0 saturated carbocycles. The largest absolute Gasteiger partial charge is 0.506 e. The SMILES string of the molecule is CC(=O)NCC(=O)Nc1ccc([N+](=O)[O-])cc1O. The molecule has 0 atom stereocenters. The van der Waals surface area contributed by atoms with Crippen LogP contribution in [0.1, 0.15) is 6.92 Å². The van der Waals surface area contributed by atoms with Gasteiger partial charge in [-0.3, -0.25) is 19.7 Å². The first kappa shape index (κ1) is 13.4. The number of rotatable bonds is 4. The second-order valence-corrected chi connectivity index (χ2v) is 3.42. The third kappa shape index (κ3) is 3.74. The molecule has 0 saturated heterocycles. The number of carbonyl (C=O) groups excluding carboxylic acids is 2. The molecule has 3 N–H and O–H groups in total. The fraction of sp³-hybridized carbons (Fsp3) is 0.200. The first-order chi connectivity index (χ1) is 8.40. The molecule has 2 amide bonds. The lowest BCUT2D eigenvalue weighted by atomic mass is 10.2. The first-order valence-electron chi connectivity index (χ1n) is 4.92. The average molecular weight is 253 g/mol. The molecule has 0 spiro atoms. The summed E-state index contributed by atoms with van der Waals surface area (Å²) in [5.41, 5.74) is -0.247. The fourth-order valence-electron chi connectivity index (χ4n) is 1.14. The van der Waals surface area contributed by atoms with E-state index in [2.05, 4.69) is 10.6 Å². The predicted molar refractivity (Wildman–Crippen MR) is 62.1 cm³/mol. The van der Waals surface area contributed by atoms with E-state index in [1.165, 1.54) is 13.0 Å². The minimum Gasteiger partial charge on any atom is -0.506 e. The van der Waals surface area contributed by atoms with Gasteiger partial charge in [0, 0.05) is 13.0 Å². The van der Waals surface area contributed by atoms with E-state index in [1.54, 1.807) is 0 Å². The van der Waals surface area contributed by atoms with Gasteiger partial charge in [0.25, 0.3) is 5.69 Å². The highest BCUT2D eigenvalue weighted by Gasteiger charge is 2.12. The molecule has 96 valence electrons. The van der Waals surface area contributed by atoms with Gasteiger partial charge in [-0.2, -0.15) is 0 Å². The minimum absolute atomic E-state index is 0.0379. The number of non-ortho nitro benzene ring substituents is 1. The molecule has 0 radical (unpaired) electrons. The van der Waals surface area contributed by atoms with Gasteiger partial charge >= 0.3 is 0 Å². The van der Waals surface area contributed by atoms with Crippen molar-refractivity contribution in [1.29, 1.82) is 0 Å². The van der Waals surface area contributed by atoms with Crippen LogP contribution in [0, 0.1) is 10.1 Å². The van der Waals surface area contributed by atoms with Crippen molar-refractivity contribution < 1.29 is 19.6 Å². The summed E-state index contributed by atoms with van der Waals surface area (Å²) in [5, 5.41) is 24.5. The summed E-state index contributed by atoms with van der Waals surface area (Å²) in [6.07, 6.45) is 0. The Hall–Kier alpha value is -2.64. The number of anilines is 1. The van der Waals surface area contributed by atoms with Crippen molar-refractivity contribution in [3.63, 3.8) is 0 Å². The number of aromatic hydroxyl groups is 1. The molecule has 1 aromatic carbocycles. The Labute approximate surface area is 102 Å². The molecule has 0 aliphatic rings. The van der Waals surface area contributed by atoms with Crippen molar-refractivity contribution in [2.24, 2.45) is 0 Å². The van der Waals surface area contributed by atoms with E-state index >= 15 is 0 Å². The third-order valence-electron chi connectivity index (χ3n) is 1.96.